The molecule has 0 spiro atoms. The van der Waals surface area contributed by atoms with E-state index in [0.717, 1.165) is 42.5 Å². The summed E-state index contributed by atoms with van der Waals surface area (Å²) in [6.07, 6.45) is 7.35. The van der Waals surface area contributed by atoms with Crippen molar-refractivity contribution in [1.82, 2.24) is 9.97 Å². The Morgan fingerprint density at radius 1 is 1.28 bits per heavy atom. The van der Waals surface area contributed by atoms with Crippen LogP contribution in [0.25, 0.3) is 0 Å². The number of rotatable bonds is 5. The Labute approximate surface area is 114 Å². The molecule has 2 rings (SSSR count). The zero-order chi connectivity index (χ0) is 13.0. The molecule has 0 unspecified atom stereocenters. The van der Waals surface area contributed by atoms with E-state index in [-0.39, 0.29) is 0 Å². The van der Waals surface area contributed by atoms with E-state index >= 15 is 0 Å². The fourth-order valence-electron chi connectivity index (χ4n) is 2.50. The van der Waals surface area contributed by atoms with E-state index in [4.69, 9.17) is 11.6 Å². The average molecular weight is 268 g/mol. The Morgan fingerprint density at radius 3 is 2.67 bits per heavy atom. The molecule has 1 saturated carbocycles. The van der Waals surface area contributed by atoms with Gasteiger partial charge in [0, 0.05) is 18.5 Å². The summed E-state index contributed by atoms with van der Waals surface area (Å²) in [6.45, 7) is 5.12. The molecule has 1 aromatic rings. The molecule has 1 aliphatic rings. The van der Waals surface area contributed by atoms with Gasteiger partial charge >= 0.3 is 0 Å². The van der Waals surface area contributed by atoms with Crippen LogP contribution >= 0.6 is 11.6 Å². The third-order valence-corrected chi connectivity index (χ3v) is 4.01. The van der Waals surface area contributed by atoms with Gasteiger partial charge in [0.2, 0.25) is 0 Å². The van der Waals surface area contributed by atoms with Crippen molar-refractivity contribution in [2.75, 3.05) is 11.9 Å². The number of hydrogen-bond acceptors (Lipinski definition) is 3. The van der Waals surface area contributed by atoms with Crippen molar-refractivity contribution in [3.63, 3.8) is 0 Å². The van der Waals surface area contributed by atoms with Gasteiger partial charge in [0.1, 0.15) is 16.8 Å². The highest BCUT2D eigenvalue weighted by atomic mass is 35.5. The molecular formula is C14H22ClN3. The molecule has 1 N–H and O–H groups in total. The van der Waals surface area contributed by atoms with Gasteiger partial charge < -0.3 is 5.32 Å². The molecule has 0 atom stereocenters. The summed E-state index contributed by atoms with van der Waals surface area (Å²) in [5.41, 5.74) is 0.967. The molecule has 0 bridgehead atoms. The van der Waals surface area contributed by atoms with Crippen molar-refractivity contribution in [3.05, 3.63) is 16.5 Å². The molecule has 0 saturated heterocycles. The van der Waals surface area contributed by atoms with Gasteiger partial charge in [0.25, 0.3) is 0 Å². The number of aryl methyl sites for hydroxylation is 1. The van der Waals surface area contributed by atoms with Crippen LogP contribution in [0.2, 0.25) is 5.15 Å². The predicted molar refractivity (Wildman–Crippen MR) is 76.2 cm³/mol. The lowest BCUT2D eigenvalue weighted by Gasteiger charge is -2.14. The maximum Gasteiger partial charge on any atom is 0.137 e. The van der Waals surface area contributed by atoms with E-state index in [1.54, 1.807) is 0 Å². The summed E-state index contributed by atoms with van der Waals surface area (Å²) < 4.78 is 0. The van der Waals surface area contributed by atoms with Crippen molar-refractivity contribution >= 4 is 17.4 Å². The van der Waals surface area contributed by atoms with Crippen LogP contribution < -0.4 is 5.32 Å². The highest BCUT2D eigenvalue weighted by Gasteiger charge is 2.16. The van der Waals surface area contributed by atoms with E-state index in [0.29, 0.717) is 5.15 Å². The molecule has 100 valence electrons. The van der Waals surface area contributed by atoms with Gasteiger partial charge in [-0.15, -0.1) is 0 Å². The molecule has 1 fully saturated rings. The molecule has 0 aliphatic heterocycles. The first-order chi connectivity index (χ1) is 8.70. The van der Waals surface area contributed by atoms with Crippen LogP contribution in [0.4, 0.5) is 5.82 Å². The largest absolute Gasteiger partial charge is 0.369 e. The van der Waals surface area contributed by atoms with Gasteiger partial charge in [-0.3, -0.25) is 0 Å². The number of aromatic nitrogens is 2. The first-order valence-corrected chi connectivity index (χ1v) is 7.35. The number of halogens is 1. The lowest BCUT2D eigenvalue weighted by Crippen LogP contribution is -2.14. The minimum atomic E-state index is 0.586. The number of nitrogens with zero attached hydrogens (tertiary/aromatic N) is 2. The normalized spacial score (nSPS) is 16.2. The molecular weight excluding hydrogens is 246 g/mol. The highest BCUT2D eigenvalue weighted by Crippen LogP contribution is 2.26. The Kier molecular flexibility index (Phi) is 4.81. The zero-order valence-electron chi connectivity index (χ0n) is 11.3. The van der Waals surface area contributed by atoms with Crippen molar-refractivity contribution in [2.45, 2.75) is 52.4 Å². The fourth-order valence-corrected chi connectivity index (χ4v) is 2.68. The lowest BCUT2D eigenvalue weighted by atomic mass is 10.1. The second kappa shape index (κ2) is 6.37. The van der Waals surface area contributed by atoms with Crippen molar-refractivity contribution in [1.29, 1.82) is 0 Å². The van der Waals surface area contributed by atoms with Crippen LogP contribution in [0.15, 0.2) is 0 Å². The van der Waals surface area contributed by atoms with Gasteiger partial charge in [-0.25, -0.2) is 9.97 Å². The van der Waals surface area contributed by atoms with Gasteiger partial charge in [0.05, 0.1) is 0 Å². The van der Waals surface area contributed by atoms with Gasteiger partial charge in [-0.1, -0.05) is 31.4 Å². The highest BCUT2D eigenvalue weighted by molar-refractivity contribution is 6.30. The summed E-state index contributed by atoms with van der Waals surface area (Å²) in [5.74, 6) is 2.57. The Balaban J connectivity index is 2.05. The van der Waals surface area contributed by atoms with Crippen LogP contribution in [0.3, 0.4) is 0 Å². The van der Waals surface area contributed by atoms with Crippen LogP contribution in [0.5, 0.6) is 0 Å². The topological polar surface area (TPSA) is 37.8 Å². The maximum absolute atomic E-state index is 6.16. The Bertz CT molecular complexity index is 400. The van der Waals surface area contributed by atoms with Gasteiger partial charge in [-0.05, 0) is 32.1 Å². The first-order valence-electron chi connectivity index (χ1n) is 6.97. The van der Waals surface area contributed by atoms with E-state index < -0.39 is 0 Å². The third kappa shape index (κ3) is 3.35. The molecule has 1 heterocycles. The second-order valence-electron chi connectivity index (χ2n) is 5.19. The van der Waals surface area contributed by atoms with Gasteiger partial charge in [0.15, 0.2) is 0 Å². The van der Waals surface area contributed by atoms with E-state index in [1.165, 1.54) is 25.7 Å². The molecule has 0 aromatic carbocycles. The second-order valence-corrected chi connectivity index (χ2v) is 5.54. The number of nitrogens with one attached hydrogen (secondary N) is 1. The summed E-state index contributed by atoms with van der Waals surface area (Å²) in [5, 5.41) is 4.04. The van der Waals surface area contributed by atoms with Crippen LogP contribution in [-0.2, 0) is 6.42 Å². The number of anilines is 1. The molecule has 1 aliphatic carbocycles. The van der Waals surface area contributed by atoms with Crippen LogP contribution in [0, 0.1) is 12.8 Å². The minimum Gasteiger partial charge on any atom is -0.369 e. The summed E-state index contributed by atoms with van der Waals surface area (Å²) in [6, 6.07) is 0. The Morgan fingerprint density at radius 2 is 2.00 bits per heavy atom. The zero-order valence-corrected chi connectivity index (χ0v) is 12.1. The molecule has 18 heavy (non-hydrogen) atoms. The van der Waals surface area contributed by atoms with Crippen molar-refractivity contribution in [3.8, 4) is 0 Å². The predicted octanol–water partition coefficient (Wildman–Crippen LogP) is 3.99. The lowest BCUT2D eigenvalue weighted by molar-refractivity contribution is 0.578. The van der Waals surface area contributed by atoms with Crippen LogP contribution in [-0.4, -0.2) is 16.5 Å². The van der Waals surface area contributed by atoms with Crippen molar-refractivity contribution in [2.24, 2.45) is 5.92 Å². The molecule has 3 nitrogen and oxygen atoms in total. The summed E-state index contributed by atoms with van der Waals surface area (Å²) in [4.78, 5) is 8.89. The van der Waals surface area contributed by atoms with E-state index in [1.807, 2.05) is 6.92 Å². The van der Waals surface area contributed by atoms with Crippen LogP contribution in [0.1, 0.15) is 50.4 Å². The van der Waals surface area contributed by atoms with E-state index in [9.17, 15) is 0 Å². The summed E-state index contributed by atoms with van der Waals surface area (Å²) in [7, 11) is 0. The summed E-state index contributed by atoms with van der Waals surface area (Å²) >= 11 is 6.16. The number of hydrogen-bond donors (Lipinski definition) is 1. The quantitative estimate of drug-likeness (QED) is 0.820. The minimum absolute atomic E-state index is 0.586. The monoisotopic (exact) mass is 267 g/mol. The van der Waals surface area contributed by atoms with Crippen molar-refractivity contribution < 1.29 is 0 Å². The maximum atomic E-state index is 6.16. The molecule has 4 heteroatoms. The average Bonchev–Trinajstić information content (AvgIpc) is 2.85. The smallest absolute Gasteiger partial charge is 0.137 e. The standard InChI is InChI=1S/C14H22ClN3/c1-3-6-12-17-13(15)10(2)14(18-12)16-9-11-7-4-5-8-11/h11H,3-9H2,1-2H3,(H,16,17,18). The SMILES string of the molecule is CCCc1nc(Cl)c(C)c(NCC2CCCC2)n1. The first kappa shape index (κ1) is 13.6. The molecule has 0 radical (unpaired) electrons. The third-order valence-electron chi connectivity index (χ3n) is 3.64. The van der Waals surface area contributed by atoms with Gasteiger partial charge in [-0.2, -0.15) is 0 Å². The van der Waals surface area contributed by atoms with E-state index in [2.05, 4.69) is 22.2 Å². The molecule has 0 amide bonds. The Hall–Kier alpha value is -0.830. The molecule has 1 aromatic heterocycles. The fraction of sp³-hybridized carbons (Fsp3) is 0.714.